The topological polar surface area (TPSA) is 118 Å². The van der Waals surface area contributed by atoms with E-state index in [9.17, 15) is 18.5 Å². The Morgan fingerprint density at radius 1 is 1.43 bits per heavy atom. The Morgan fingerprint density at radius 3 is 2.81 bits per heavy atom. The zero-order chi connectivity index (χ0) is 15.5. The lowest BCUT2D eigenvalue weighted by Gasteiger charge is -2.09. The smallest absolute Gasteiger partial charge is 0.289 e. The van der Waals surface area contributed by atoms with Gasteiger partial charge in [-0.15, -0.1) is 0 Å². The maximum Gasteiger partial charge on any atom is 0.289 e. The Labute approximate surface area is 121 Å². The van der Waals surface area contributed by atoms with Gasteiger partial charge in [0, 0.05) is 31.4 Å². The summed E-state index contributed by atoms with van der Waals surface area (Å²) < 4.78 is 26.9. The van der Waals surface area contributed by atoms with E-state index in [-0.39, 0.29) is 11.4 Å². The summed E-state index contributed by atoms with van der Waals surface area (Å²) in [4.78, 5) is 16.8. The van der Waals surface area contributed by atoms with Crippen LogP contribution in [0.25, 0.3) is 0 Å². The molecule has 0 unspecified atom stereocenters. The highest BCUT2D eigenvalue weighted by atomic mass is 32.2. The summed E-state index contributed by atoms with van der Waals surface area (Å²) in [7, 11) is -3.95. The summed E-state index contributed by atoms with van der Waals surface area (Å²) in [6, 6.07) is 4.15. The van der Waals surface area contributed by atoms with Crippen molar-refractivity contribution in [3.05, 3.63) is 52.1 Å². The van der Waals surface area contributed by atoms with Crippen LogP contribution in [0.15, 0.2) is 35.5 Å². The standard InChI is InChI=1S/C12H14N4O4S/c1-9-3-2-4-10(16(17)18)12(9)21(19,20)15-6-5-11-13-7-8-14-11/h2-4,7-8,15H,5-6H2,1H3,(H,13,14). The first-order chi connectivity index (χ1) is 9.92. The first-order valence-electron chi connectivity index (χ1n) is 6.14. The first-order valence-corrected chi connectivity index (χ1v) is 7.62. The molecule has 8 nitrogen and oxygen atoms in total. The number of aromatic nitrogens is 2. The molecule has 0 aliphatic rings. The van der Waals surface area contributed by atoms with Crippen molar-refractivity contribution in [3.63, 3.8) is 0 Å². The van der Waals surface area contributed by atoms with Crippen LogP contribution in [-0.4, -0.2) is 29.9 Å². The molecule has 0 radical (unpaired) electrons. The fourth-order valence-corrected chi connectivity index (χ4v) is 3.37. The van der Waals surface area contributed by atoms with E-state index in [4.69, 9.17) is 0 Å². The van der Waals surface area contributed by atoms with Gasteiger partial charge < -0.3 is 4.98 Å². The minimum atomic E-state index is -3.95. The van der Waals surface area contributed by atoms with Gasteiger partial charge in [0.1, 0.15) is 5.82 Å². The van der Waals surface area contributed by atoms with Gasteiger partial charge in [0.05, 0.1) is 4.92 Å². The molecule has 0 saturated heterocycles. The van der Waals surface area contributed by atoms with Gasteiger partial charge in [0.25, 0.3) is 5.69 Å². The molecule has 1 aromatic heterocycles. The molecule has 0 aliphatic carbocycles. The Hall–Kier alpha value is -2.26. The number of sulfonamides is 1. The van der Waals surface area contributed by atoms with E-state index in [1.165, 1.54) is 25.1 Å². The number of hydrogen-bond acceptors (Lipinski definition) is 5. The zero-order valence-electron chi connectivity index (χ0n) is 11.2. The minimum Gasteiger partial charge on any atom is -0.349 e. The highest BCUT2D eigenvalue weighted by Crippen LogP contribution is 2.26. The predicted octanol–water partition coefficient (Wildman–Crippen LogP) is 1.15. The molecule has 112 valence electrons. The second-order valence-electron chi connectivity index (χ2n) is 4.36. The molecule has 9 heteroatoms. The van der Waals surface area contributed by atoms with Crippen molar-refractivity contribution in [2.75, 3.05) is 6.54 Å². The number of imidazole rings is 1. The van der Waals surface area contributed by atoms with Gasteiger partial charge >= 0.3 is 0 Å². The molecule has 0 fully saturated rings. The Morgan fingerprint density at radius 2 is 2.19 bits per heavy atom. The van der Waals surface area contributed by atoms with Crippen LogP contribution in [0.1, 0.15) is 11.4 Å². The molecule has 2 aromatic rings. The van der Waals surface area contributed by atoms with Crippen LogP contribution in [0.3, 0.4) is 0 Å². The molecule has 0 aliphatic heterocycles. The predicted molar refractivity (Wildman–Crippen MR) is 75.3 cm³/mol. The number of nitrogens with one attached hydrogen (secondary N) is 2. The molecular formula is C12H14N4O4S. The van der Waals surface area contributed by atoms with Crippen LogP contribution in [0.5, 0.6) is 0 Å². The lowest BCUT2D eigenvalue weighted by molar-refractivity contribution is -0.387. The number of rotatable bonds is 6. The third-order valence-electron chi connectivity index (χ3n) is 2.87. The van der Waals surface area contributed by atoms with Crippen molar-refractivity contribution in [1.29, 1.82) is 0 Å². The van der Waals surface area contributed by atoms with E-state index in [1.807, 2.05) is 0 Å². The summed E-state index contributed by atoms with van der Waals surface area (Å²) in [6.45, 7) is 1.62. The number of aryl methyl sites for hydroxylation is 1. The van der Waals surface area contributed by atoms with E-state index >= 15 is 0 Å². The SMILES string of the molecule is Cc1cccc([N+](=O)[O-])c1S(=O)(=O)NCCc1ncc[nH]1. The minimum absolute atomic E-state index is 0.0985. The molecule has 2 rings (SSSR count). The van der Waals surface area contributed by atoms with Crippen molar-refractivity contribution in [2.45, 2.75) is 18.2 Å². The zero-order valence-corrected chi connectivity index (χ0v) is 12.1. The van der Waals surface area contributed by atoms with Crippen molar-refractivity contribution >= 4 is 15.7 Å². The molecule has 1 aromatic carbocycles. The third kappa shape index (κ3) is 3.44. The number of nitrogens with zero attached hydrogens (tertiary/aromatic N) is 2. The van der Waals surface area contributed by atoms with Crippen molar-refractivity contribution < 1.29 is 13.3 Å². The first kappa shape index (κ1) is 15.1. The average molecular weight is 310 g/mol. The van der Waals surface area contributed by atoms with Crippen LogP contribution < -0.4 is 4.72 Å². The Balaban J connectivity index is 2.21. The van der Waals surface area contributed by atoms with Crippen LogP contribution >= 0.6 is 0 Å². The van der Waals surface area contributed by atoms with Gasteiger partial charge in [0.15, 0.2) is 4.90 Å². The maximum atomic E-state index is 12.3. The van der Waals surface area contributed by atoms with Crippen LogP contribution in [-0.2, 0) is 16.4 Å². The highest BCUT2D eigenvalue weighted by Gasteiger charge is 2.27. The summed E-state index contributed by atoms with van der Waals surface area (Å²) >= 11 is 0. The van der Waals surface area contributed by atoms with Crippen molar-refractivity contribution in [2.24, 2.45) is 0 Å². The number of H-pyrrole nitrogens is 1. The normalized spacial score (nSPS) is 11.5. The lowest BCUT2D eigenvalue weighted by atomic mass is 10.2. The van der Waals surface area contributed by atoms with Crippen LogP contribution in [0.2, 0.25) is 0 Å². The van der Waals surface area contributed by atoms with E-state index in [1.54, 1.807) is 12.4 Å². The van der Waals surface area contributed by atoms with E-state index in [0.29, 0.717) is 17.8 Å². The number of benzene rings is 1. The molecule has 0 amide bonds. The van der Waals surface area contributed by atoms with Crippen LogP contribution in [0.4, 0.5) is 5.69 Å². The maximum absolute atomic E-state index is 12.3. The molecular weight excluding hydrogens is 296 g/mol. The molecule has 2 N–H and O–H groups in total. The van der Waals surface area contributed by atoms with Gasteiger partial charge in [-0.2, -0.15) is 0 Å². The monoisotopic (exact) mass is 310 g/mol. The van der Waals surface area contributed by atoms with Gasteiger partial charge in [-0.1, -0.05) is 12.1 Å². The fraction of sp³-hybridized carbons (Fsp3) is 0.250. The number of hydrogen-bond donors (Lipinski definition) is 2. The second kappa shape index (κ2) is 6.02. The van der Waals surface area contributed by atoms with Gasteiger partial charge in [-0.25, -0.2) is 18.1 Å². The summed E-state index contributed by atoms with van der Waals surface area (Å²) in [5, 5.41) is 11.0. The lowest BCUT2D eigenvalue weighted by Crippen LogP contribution is -2.27. The van der Waals surface area contributed by atoms with Gasteiger partial charge in [-0.3, -0.25) is 10.1 Å². The van der Waals surface area contributed by atoms with E-state index in [2.05, 4.69) is 14.7 Å². The van der Waals surface area contributed by atoms with E-state index in [0.717, 1.165) is 0 Å². The highest BCUT2D eigenvalue weighted by molar-refractivity contribution is 7.89. The quantitative estimate of drug-likeness (QED) is 0.613. The molecule has 1 heterocycles. The fourth-order valence-electron chi connectivity index (χ4n) is 1.94. The summed E-state index contributed by atoms with van der Waals surface area (Å²) in [5.74, 6) is 0.636. The largest absolute Gasteiger partial charge is 0.349 e. The van der Waals surface area contributed by atoms with Crippen molar-refractivity contribution in [1.82, 2.24) is 14.7 Å². The summed E-state index contributed by atoms with van der Waals surface area (Å²) in [5.41, 5.74) is -0.102. The molecule has 0 saturated carbocycles. The molecule has 0 atom stereocenters. The molecule has 21 heavy (non-hydrogen) atoms. The number of aromatic amines is 1. The van der Waals surface area contributed by atoms with Crippen LogP contribution in [0, 0.1) is 17.0 Å². The van der Waals surface area contributed by atoms with E-state index < -0.39 is 20.6 Å². The van der Waals surface area contributed by atoms with Gasteiger partial charge in [0.2, 0.25) is 10.0 Å². The number of nitro groups is 1. The molecule has 0 spiro atoms. The Bertz CT molecular complexity index is 741. The van der Waals surface area contributed by atoms with Gasteiger partial charge in [-0.05, 0) is 12.5 Å². The average Bonchev–Trinajstić information content (AvgIpc) is 2.91. The van der Waals surface area contributed by atoms with Crippen molar-refractivity contribution in [3.8, 4) is 0 Å². The Kier molecular flexibility index (Phi) is 4.34. The summed E-state index contributed by atoms with van der Waals surface area (Å²) in [6.07, 6.45) is 3.57. The number of nitro benzene ring substituents is 1. The second-order valence-corrected chi connectivity index (χ2v) is 6.07. The third-order valence-corrected chi connectivity index (χ3v) is 4.52. The molecule has 0 bridgehead atoms.